The van der Waals surface area contributed by atoms with Crippen molar-refractivity contribution in [2.75, 3.05) is 38.2 Å². The van der Waals surface area contributed by atoms with E-state index in [4.69, 9.17) is 9.26 Å². The number of anilines is 1. The van der Waals surface area contributed by atoms with Crippen molar-refractivity contribution in [2.45, 2.75) is 26.8 Å². The summed E-state index contributed by atoms with van der Waals surface area (Å²) in [5.74, 6) is 0.402. The molecule has 0 aliphatic carbocycles. The Morgan fingerprint density at radius 3 is 2.70 bits per heavy atom. The lowest BCUT2D eigenvalue weighted by Gasteiger charge is -2.32. The summed E-state index contributed by atoms with van der Waals surface area (Å²) in [6, 6.07) is 0.00608. The summed E-state index contributed by atoms with van der Waals surface area (Å²) in [5.41, 5.74) is 1.63. The number of aryl methyl sites for hydroxylation is 1. The number of nitrogens with one attached hydrogen (secondary N) is 2. The number of hydrogen-bond acceptors (Lipinski definition) is 5. The predicted molar refractivity (Wildman–Crippen MR) is 74.9 cm³/mol. The van der Waals surface area contributed by atoms with Crippen LogP contribution < -0.4 is 10.6 Å². The molecule has 0 radical (unpaired) electrons. The van der Waals surface area contributed by atoms with Crippen molar-refractivity contribution in [3.05, 3.63) is 11.3 Å². The van der Waals surface area contributed by atoms with Gasteiger partial charge in [0, 0.05) is 31.2 Å². The van der Waals surface area contributed by atoms with Gasteiger partial charge in [0.25, 0.3) is 0 Å². The van der Waals surface area contributed by atoms with E-state index in [9.17, 15) is 4.79 Å². The van der Waals surface area contributed by atoms with Crippen LogP contribution in [0, 0.1) is 13.8 Å². The Balaban J connectivity index is 1.75. The van der Waals surface area contributed by atoms with Gasteiger partial charge in [-0.2, -0.15) is 0 Å². The second-order valence-corrected chi connectivity index (χ2v) is 5.05. The van der Waals surface area contributed by atoms with Gasteiger partial charge in [-0.1, -0.05) is 5.16 Å². The summed E-state index contributed by atoms with van der Waals surface area (Å²) in [4.78, 5) is 14.1. The van der Waals surface area contributed by atoms with E-state index in [0.29, 0.717) is 12.4 Å². The fraction of sp³-hybridized carbons (Fsp3) is 0.692. The van der Waals surface area contributed by atoms with Crippen LogP contribution in [0.4, 0.5) is 10.7 Å². The molecular weight excluding hydrogens is 260 g/mol. The summed E-state index contributed by atoms with van der Waals surface area (Å²) in [6.45, 7) is 9.70. The molecule has 112 valence electrons. The van der Waals surface area contributed by atoms with E-state index in [1.165, 1.54) is 0 Å². The molecule has 1 aromatic heterocycles. The first-order valence-electron chi connectivity index (χ1n) is 6.87. The van der Waals surface area contributed by atoms with Gasteiger partial charge in [0.05, 0.1) is 18.9 Å². The van der Waals surface area contributed by atoms with Crippen LogP contribution in [0.3, 0.4) is 0 Å². The van der Waals surface area contributed by atoms with Gasteiger partial charge < -0.3 is 14.6 Å². The van der Waals surface area contributed by atoms with Gasteiger partial charge >= 0.3 is 6.03 Å². The maximum atomic E-state index is 11.8. The molecular formula is C13H22N4O3. The van der Waals surface area contributed by atoms with Crippen LogP contribution in [-0.4, -0.2) is 55.0 Å². The standard InChI is InChI=1S/C13H22N4O3/c1-9(17-4-6-19-7-5-17)8-14-13(18)15-12-10(2)11(3)16-20-12/h9H,4-8H2,1-3H3,(H2,14,15,18). The highest BCUT2D eigenvalue weighted by Crippen LogP contribution is 2.16. The minimum atomic E-state index is -0.274. The maximum Gasteiger partial charge on any atom is 0.321 e. The molecule has 1 aliphatic rings. The van der Waals surface area contributed by atoms with Crippen LogP contribution in [0.1, 0.15) is 18.2 Å². The van der Waals surface area contributed by atoms with Crippen molar-refractivity contribution in [3.8, 4) is 0 Å². The Hall–Kier alpha value is -1.60. The van der Waals surface area contributed by atoms with Crippen molar-refractivity contribution in [3.63, 3.8) is 0 Å². The summed E-state index contributed by atoms with van der Waals surface area (Å²) in [6.07, 6.45) is 0. The number of carbonyl (C=O) groups is 1. The van der Waals surface area contributed by atoms with E-state index in [0.717, 1.165) is 37.6 Å². The van der Waals surface area contributed by atoms with E-state index in [1.54, 1.807) is 0 Å². The number of aromatic nitrogens is 1. The lowest BCUT2D eigenvalue weighted by atomic mass is 10.2. The van der Waals surface area contributed by atoms with Crippen LogP contribution >= 0.6 is 0 Å². The molecule has 2 N–H and O–H groups in total. The highest BCUT2D eigenvalue weighted by molar-refractivity contribution is 5.88. The maximum absolute atomic E-state index is 11.8. The topological polar surface area (TPSA) is 79.6 Å². The SMILES string of the molecule is Cc1noc(NC(=O)NCC(C)N2CCOCC2)c1C. The molecule has 2 rings (SSSR count). The molecule has 0 aromatic carbocycles. The Morgan fingerprint density at radius 2 is 2.10 bits per heavy atom. The molecule has 1 fully saturated rings. The number of amides is 2. The molecule has 1 aliphatic heterocycles. The average molecular weight is 282 g/mol. The molecule has 7 heteroatoms. The van der Waals surface area contributed by atoms with Crippen molar-refractivity contribution >= 4 is 11.9 Å². The van der Waals surface area contributed by atoms with E-state index >= 15 is 0 Å². The number of rotatable bonds is 4. The molecule has 1 atom stereocenters. The fourth-order valence-corrected chi connectivity index (χ4v) is 2.07. The third-order valence-electron chi connectivity index (χ3n) is 3.61. The highest BCUT2D eigenvalue weighted by Gasteiger charge is 2.18. The van der Waals surface area contributed by atoms with Crippen LogP contribution in [0.15, 0.2) is 4.52 Å². The van der Waals surface area contributed by atoms with Gasteiger partial charge in [-0.05, 0) is 20.8 Å². The molecule has 0 bridgehead atoms. The van der Waals surface area contributed by atoms with Crippen molar-refractivity contribution < 1.29 is 14.1 Å². The first-order chi connectivity index (χ1) is 9.58. The zero-order valence-corrected chi connectivity index (χ0v) is 12.2. The minimum absolute atomic E-state index is 0.274. The monoisotopic (exact) mass is 282 g/mol. The first-order valence-corrected chi connectivity index (χ1v) is 6.87. The Bertz CT molecular complexity index is 454. The second kappa shape index (κ2) is 6.71. The van der Waals surface area contributed by atoms with Crippen LogP contribution in [0.5, 0.6) is 0 Å². The van der Waals surface area contributed by atoms with Crippen molar-refractivity contribution in [1.82, 2.24) is 15.4 Å². The van der Waals surface area contributed by atoms with Gasteiger partial charge in [0.2, 0.25) is 5.88 Å². The molecule has 20 heavy (non-hydrogen) atoms. The number of ether oxygens (including phenoxy) is 1. The molecule has 2 heterocycles. The molecule has 2 amide bonds. The van der Waals surface area contributed by atoms with Crippen LogP contribution in [0.25, 0.3) is 0 Å². The van der Waals surface area contributed by atoms with Gasteiger partial charge in [0.1, 0.15) is 0 Å². The molecule has 7 nitrogen and oxygen atoms in total. The number of urea groups is 1. The van der Waals surface area contributed by atoms with E-state index in [1.807, 2.05) is 13.8 Å². The largest absolute Gasteiger partial charge is 0.379 e. The number of morpholine rings is 1. The molecule has 0 saturated carbocycles. The molecule has 1 aromatic rings. The summed E-state index contributed by atoms with van der Waals surface area (Å²) in [5, 5.41) is 9.31. The molecule has 1 saturated heterocycles. The summed E-state index contributed by atoms with van der Waals surface area (Å²) in [7, 11) is 0. The third-order valence-corrected chi connectivity index (χ3v) is 3.61. The van der Waals surface area contributed by atoms with E-state index in [2.05, 4.69) is 27.6 Å². The first kappa shape index (κ1) is 14.8. The smallest absolute Gasteiger partial charge is 0.321 e. The lowest BCUT2D eigenvalue weighted by molar-refractivity contribution is 0.0209. The normalized spacial score (nSPS) is 17.8. The second-order valence-electron chi connectivity index (χ2n) is 5.05. The number of hydrogen-bond donors (Lipinski definition) is 2. The van der Waals surface area contributed by atoms with Crippen LogP contribution in [-0.2, 0) is 4.74 Å². The number of carbonyl (C=O) groups excluding carboxylic acids is 1. The van der Waals surface area contributed by atoms with E-state index < -0.39 is 0 Å². The number of nitrogens with zero attached hydrogens (tertiary/aromatic N) is 2. The van der Waals surface area contributed by atoms with Crippen molar-refractivity contribution in [2.24, 2.45) is 0 Å². The minimum Gasteiger partial charge on any atom is -0.379 e. The zero-order valence-electron chi connectivity index (χ0n) is 12.2. The fourth-order valence-electron chi connectivity index (χ4n) is 2.07. The van der Waals surface area contributed by atoms with Gasteiger partial charge in [0.15, 0.2) is 0 Å². The van der Waals surface area contributed by atoms with E-state index in [-0.39, 0.29) is 12.1 Å². The Morgan fingerprint density at radius 1 is 1.40 bits per heavy atom. The quantitative estimate of drug-likeness (QED) is 0.865. The Labute approximate surface area is 118 Å². The van der Waals surface area contributed by atoms with Gasteiger partial charge in [-0.3, -0.25) is 10.2 Å². The highest BCUT2D eigenvalue weighted by atomic mass is 16.5. The van der Waals surface area contributed by atoms with Gasteiger partial charge in [-0.15, -0.1) is 0 Å². The Kier molecular flexibility index (Phi) is 4.97. The van der Waals surface area contributed by atoms with Crippen molar-refractivity contribution in [1.29, 1.82) is 0 Å². The summed E-state index contributed by atoms with van der Waals surface area (Å²) < 4.78 is 10.3. The zero-order chi connectivity index (χ0) is 14.5. The lowest BCUT2D eigenvalue weighted by Crippen LogP contribution is -2.47. The summed E-state index contributed by atoms with van der Waals surface area (Å²) >= 11 is 0. The predicted octanol–water partition coefficient (Wildman–Crippen LogP) is 1.13. The third kappa shape index (κ3) is 3.71. The average Bonchev–Trinajstić information content (AvgIpc) is 2.78. The van der Waals surface area contributed by atoms with Gasteiger partial charge in [-0.25, -0.2) is 4.79 Å². The molecule has 0 spiro atoms. The van der Waals surface area contributed by atoms with Crippen LogP contribution in [0.2, 0.25) is 0 Å². The molecule has 1 unspecified atom stereocenters.